The topological polar surface area (TPSA) is 101 Å². The first-order chi connectivity index (χ1) is 11.0. The van der Waals surface area contributed by atoms with Crippen LogP contribution in [0.1, 0.15) is 53.9 Å². The van der Waals surface area contributed by atoms with Crippen LogP contribution in [0.4, 0.5) is 0 Å². The van der Waals surface area contributed by atoms with Crippen LogP contribution in [-0.4, -0.2) is 35.2 Å². The van der Waals surface area contributed by atoms with Crippen LogP contribution < -0.4 is 0 Å². The Morgan fingerprint density at radius 2 is 1.50 bits per heavy atom. The predicted octanol–water partition coefficient (Wildman–Crippen LogP) is 3.98. The van der Waals surface area contributed by atoms with Gasteiger partial charge in [0.2, 0.25) is 0 Å². The van der Waals surface area contributed by atoms with Gasteiger partial charge < -0.3 is 14.9 Å². The number of methoxy groups -OCH3 is 1. The molecule has 138 valence electrons. The van der Waals surface area contributed by atoms with Gasteiger partial charge in [-0.1, -0.05) is 38.5 Å². The quantitative estimate of drug-likeness (QED) is 0.430. The molecule has 0 rings (SSSR count). The summed E-state index contributed by atoms with van der Waals surface area (Å²) in [5, 5.41) is 16.5. The van der Waals surface area contributed by atoms with Crippen molar-refractivity contribution in [3.63, 3.8) is 0 Å². The lowest BCUT2D eigenvalue weighted by Crippen LogP contribution is -1.98. The maximum absolute atomic E-state index is 10.2. The van der Waals surface area contributed by atoms with Crippen molar-refractivity contribution in [3.05, 3.63) is 35.5 Å². The third-order valence-corrected chi connectivity index (χ3v) is 2.65. The van der Waals surface area contributed by atoms with Crippen LogP contribution in [0.25, 0.3) is 0 Å². The Kier molecular flexibility index (Phi) is 18.8. The minimum atomic E-state index is -0.845. The molecule has 0 aliphatic carbocycles. The van der Waals surface area contributed by atoms with Crippen molar-refractivity contribution in [3.8, 4) is 0 Å². The molecule has 0 saturated carbocycles. The van der Waals surface area contributed by atoms with Crippen LogP contribution in [0.5, 0.6) is 0 Å². The van der Waals surface area contributed by atoms with E-state index in [2.05, 4.69) is 18.2 Å². The maximum Gasteiger partial charge on any atom is 0.332 e. The molecule has 0 aliphatic rings. The first-order valence-corrected chi connectivity index (χ1v) is 7.55. The molecule has 0 amide bonds. The van der Waals surface area contributed by atoms with E-state index in [1.807, 2.05) is 0 Å². The van der Waals surface area contributed by atoms with Gasteiger partial charge in [0.1, 0.15) is 0 Å². The molecule has 0 unspecified atom stereocenters. The highest BCUT2D eigenvalue weighted by Crippen LogP contribution is 2.00. The summed E-state index contributed by atoms with van der Waals surface area (Å²) in [5.74, 6) is -2.00. The Balaban J connectivity index is -0.000000283. The molecule has 0 atom stereocenters. The molecule has 6 heteroatoms. The SMILES string of the molecule is C=C(C)C(=O)OC.CC=C(C)C(=O)O.CCCCC=C(C)C(=O)O. The number of allylic oxidation sites excluding steroid dienone is 2. The lowest BCUT2D eigenvalue weighted by molar-refractivity contribution is -0.136. The fourth-order valence-corrected chi connectivity index (χ4v) is 0.908. The lowest BCUT2D eigenvalue weighted by atomic mass is 10.2. The molecule has 0 bridgehead atoms. The summed E-state index contributed by atoms with van der Waals surface area (Å²) in [7, 11) is 1.33. The molecular formula is C18H30O6. The highest BCUT2D eigenvalue weighted by molar-refractivity contribution is 5.87. The van der Waals surface area contributed by atoms with Gasteiger partial charge in [0.15, 0.2) is 0 Å². The van der Waals surface area contributed by atoms with Crippen molar-refractivity contribution < 1.29 is 29.3 Å². The van der Waals surface area contributed by atoms with Gasteiger partial charge in [0, 0.05) is 16.7 Å². The average Bonchev–Trinajstić information content (AvgIpc) is 2.54. The molecule has 6 nitrogen and oxygen atoms in total. The minimum Gasteiger partial charge on any atom is -0.478 e. The smallest absolute Gasteiger partial charge is 0.332 e. The van der Waals surface area contributed by atoms with Gasteiger partial charge in [-0.15, -0.1) is 0 Å². The van der Waals surface area contributed by atoms with E-state index in [0.717, 1.165) is 19.3 Å². The zero-order valence-electron chi connectivity index (χ0n) is 15.5. The molecule has 0 aromatic rings. The third-order valence-electron chi connectivity index (χ3n) is 2.65. The Labute approximate surface area is 144 Å². The summed E-state index contributed by atoms with van der Waals surface area (Å²) in [6.07, 6.45) is 6.40. The maximum atomic E-state index is 10.2. The van der Waals surface area contributed by atoms with Crippen LogP contribution in [0.3, 0.4) is 0 Å². The molecule has 0 fully saturated rings. The number of hydrogen-bond acceptors (Lipinski definition) is 4. The molecule has 0 aliphatic heterocycles. The number of unbranched alkanes of at least 4 members (excludes halogenated alkanes) is 2. The van der Waals surface area contributed by atoms with Crippen molar-refractivity contribution in [1.29, 1.82) is 0 Å². The summed E-state index contributed by atoms with van der Waals surface area (Å²) in [6, 6.07) is 0. The van der Waals surface area contributed by atoms with Crippen molar-refractivity contribution in [2.45, 2.75) is 53.9 Å². The molecule has 0 aromatic heterocycles. The fourth-order valence-electron chi connectivity index (χ4n) is 0.908. The largest absolute Gasteiger partial charge is 0.478 e. The number of carbonyl (C=O) groups excluding carboxylic acids is 1. The molecule has 0 spiro atoms. The summed E-state index contributed by atoms with van der Waals surface area (Å²) in [4.78, 5) is 30.3. The van der Waals surface area contributed by atoms with Crippen molar-refractivity contribution >= 4 is 17.9 Å². The first kappa shape index (κ1) is 26.5. The van der Waals surface area contributed by atoms with E-state index in [0.29, 0.717) is 16.7 Å². The van der Waals surface area contributed by atoms with E-state index in [1.54, 1.807) is 39.8 Å². The van der Waals surface area contributed by atoms with Crippen molar-refractivity contribution in [1.82, 2.24) is 0 Å². The molecule has 0 aromatic carbocycles. The average molecular weight is 342 g/mol. The summed E-state index contributed by atoms with van der Waals surface area (Å²) < 4.78 is 4.27. The number of carbonyl (C=O) groups is 3. The van der Waals surface area contributed by atoms with E-state index in [-0.39, 0.29) is 5.97 Å². The number of hydrogen-bond donors (Lipinski definition) is 2. The van der Waals surface area contributed by atoms with E-state index >= 15 is 0 Å². The van der Waals surface area contributed by atoms with E-state index in [1.165, 1.54) is 7.11 Å². The highest BCUT2D eigenvalue weighted by Gasteiger charge is 1.96. The van der Waals surface area contributed by atoms with Gasteiger partial charge in [-0.25, -0.2) is 14.4 Å². The molecular weight excluding hydrogens is 312 g/mol. The number of esters is 1. The summed E-state index contributed by atoms with van der Waals surface area (Å²) in [6.45, 7) is 11.9. The number of carboxylic acids is 2. The van der Waals surface area contributed by atoms with Gasteiger partial charge in [0.05, 0.1) is 7.11 Å². The molecule has 2 N–H and O–H groups in total. The third kappa shape index (κ3) is 19.6. The standard InChI is InChI=1S/C8H14O2.2C5H8O2/c1-3-4-5-6-7(2)8(9)10;1-4(2)5(6)7-3;1-3-4(2)5(6)7/h6H,3-5H2,1-2H3,(H,9,10);1H2,2-3H3;3H,1-2H3,(H,6,7). The zero-order chi connectivity index (χ0) is 19.7. The van der Waals surface area contributed by atoms with Crippen LogP contribution in [0.15, 0.2) is 35.5 Å². The van der Waals surface area contributed by atoms with Crippen molar-refractivity contribution in [2.75, 3.05) is 7.11 Å². The molecule has 24 heavy (non-hydrogen) atoms. The van der Waals surface area contributed by atoms with Gasteiger partial charge >= 0.3 is 17.9 Å². The monoisotopic (exact) mass is 342 g/mol. The second kappa shape index (κ2) is 17.0. The Morgan fingerprint density at radius 1 is 1.04 bits per heavy atom. The molecule has 0 saturated heterocycles. The second-order valence-electron chi connectivity index (χ2n) is 4.88. The number of aliphatic carboxylic acids is 2. The molecule has 0 heterocycles. The van der Waals surface area contributed by atoms with Gasteiger partial charge in [-0.05, 0) is 34.1 Å². The van der Waals surface area contributed by atoms with Gasteiger partial charge in [0.25, 0.3) is 0 Å². The van der Waals surface area contributed by atoms with E-state index < -0.39 is 11.9 Å². The molecule has 0 radical (unpaired) electrons. The second-order valence-corrected chi connectivity index (χ2v) is 4.88. The van der Waals surface area contributed by atoms with Crippen LogP contribution >= 0.6 is 0 Å². The summed E-state index contributed by atoms with van der Waals surface area (Å²) >= 11 is 0. The van der Waals surface area contributed by atoms with Gasteiger partial charge in [-0.2, -0.15) is 0 Å². The fraction of sp³-hybridized carbons (Fsp3) is 0.500. The number of carboxylic acid groups (broad SMARTS) is 2. The lowest BCUT2D eigenvalue weighted by Gasteiger charge is -1.91. The minimum absolute atomic E-state index is 0.347. The van der Waals surface area contributed by atoms with Crippen LogP contribution in [-0.2, 0) is 19.1 Å². The van der Waals surface area contributed by atoms with Crippen LogP contribution in [0.2, 0.25) is 0 Å². The van der Waals surface area contributed by atoms with E-state index in [9.17, 15) is 14.4 Å². The van der Waals surface area contributed by atoms with Gasteiger partial charge in [-0.3, -0.25) is 0 Å². The Morgan fingerprint density at radius 3 is 1.67 bits per heavy atom. The Bertz CT molecular complexity index is 472. The number of rotatable bonds is 6. The van der Waals surface area contributed by atoms with Crippen LogP contribution in [0, 0.1) is 0 Å². The van der Waals surface area contributed by atoms with E-state index in [4.69, 9.17) is 10.2 Å². The summed E-state index contributed by atoms with van der Waals surface area (Å²) in [5.41, 5.74) is 1.27. The number of ether oxygens (including phenoxy) is 1. The first-order valence-electron chi connectivity index (χ1n) is 7.55. The normalized spacial score (nSPS) is 10.4. The predicted molar refractivity (Wildman–Crippen MR) is 94.8 cm³/mol. The highest BCUT2D eigenvalue weighted by atomic mass is 16.5. The zero-order valence-corrected chi connectivity index (χ0v) is 15.5. The Hall–Kier alpha value is -2.37. The van der Waals surface area contributed by atoms with Crippen molar-refractivity contribution in [2.24, 2.45) is 0 Å².